The van der Waals surface area contributed by atoms with E-state index in [-0.39, 0.29) is 23.9 Å². The Bertz CT molecular complexity index is 960. The predicted molar refractivity (Wildman–Crippen MR) is 107 cm³/mol. The first-order valence-corrected chi connectivity index (χ1v) is 10.8. The Morgan fingerprint density at radius 2 is 1.81 bits per heavy atom. The van der Waals surface area contributed by atoms with Crippen LogP contribution in [0.4, 0.5) is 0 Å². The number of sulfonamides is 1. The molecule has 0 N–H and O–H groups in total. The molecule has 0 unspecified atom stereocenters. The molecule has 0 aliphatic carbocycles. The number of ether oxygens (including phenoxy) is 1. The molecular weight excluding hydrogens is 456 g/mol. The van der Waals surface area contributed by atoms with Crippen LogP contribution in [0.15, 0.2) is 51.8 Å². The van der Waals surface area contributed by atoms with Gasteiger partial charge >= 0.3 is 0 Å². The molecule has 0 saturated carbocycles. The van der Waals surface area contributed by atoms with Gasteiger partial charge in [0.05, 0.1) is 17.6 Å². The van der Waals surface area contributed by atoms with Crippen molar-refractivity contribution in [2.75, 3.05) is 33.3 Å². The molecule has 6 nitrogen and oxygen atoms in total. The van der Waals surface area contributed by atoms with E-state index >= 15 is 0 Å². The second-order valence-electron chi connectivity index (χ2n) is 6.00. The number of rotatable bonds is 4. The lowest BCUT2D eigenvalue weighted by Crippen LogP contribution is -2.50. The smallest absolute Gasteiger partial charge is 0.255 e. The van der Waals surface area contributed by atoms with Gasteiger partial charge in [0.15, 0.2) is 0 Å². The van der Waals surface area contributed by atoms with Crippen LogP contribution < -0.4 is 4.74 Å². The van der Waals surface area contributed by atoms with Gasteiger partial charge in [-0.2, -0.15) is 4.31 Å². The lowest BCUT2D eigenvalue weighted by atomic mass is 10.1. The minimum atomic E-state index is -3.64. The zero-order valence-corrected chi connectivity index (χ0v) is 17.7. The van der Waals surface area contributed by atoms with E-state index in [0.29, 0.717) is 33.9 Å². The van der Waals surface area contributed by atoms with Crippen molar-refractivity contribution in [1.82, 2.24) is 9.21 Å². The topological polar surface area (TPSA) is 66.9 Å². The molecule has 9 heteroatoms. The number of hydrogen-bond acceptors (Lipinski definition) is 4. The van der Waals surface area contributed by atoms with E-state index in [2.05, 4.69) is 15.9 Å². The van der Waals surface area contributed by atoms with Gasteiger partial charge in [-0.1, -0.05) is 17.7 Å². The Morgan fingerprint density at radius 3 is 2.44 bits per heavy atom. The van der Waals surface area contributed by atoms with Crippen LogP contribution in [0.3, 0.4) is 0 Å². The highest BCUT2D eigenvalue weighted by molar-refractivity contribution is 9.10. The van der Waals surface area contributed by atoms with Crippen LogP contribution >= 0.6 is 27.5 Å². The molecule has 144 valence electrons. The van der Waals surface area contributed by atoms with Crippen LogP contribution in [-0.2, 0) is 10.0 Å². The molecule has 3 rings (SSSR count). The van der Waals surface area contributed by atoms with Crippen LogP contribution in [0.25, 0.3) is 0 Å². The van der Waals surface area contributed by atoms with Gasteiger partial charge in [-0.05, 0) is 52.3 Å². The summed E-state index contributed by atoms with van der Waals surface area (Å²) in [4.78, 5) is 14.6. The lowest BCUT2D eigenvalue weighted by Gasteiger charge is -2.34. The number of nitrogens with zero attached hydrogens (tertiary/aromatic N) is 2. The Hall–Kier alpha value is -1.61. The maximum atomic E-state index is 12.8. The molecule has 1 aliphatic heterocycles. The maximum Gasteiger partial charge on any atom is 0.255 e. The van der Waals surface area contributed by atoms with Gasteiger partial charge in [-0.25, -0.2) is 8.42 Å². The molecule has 2 aromatic rings. The Balaban J connectivity index is 1.73. The fraction of sp³-hybridized carbons (Fsp3) is 0.278. The Labute approximate surface area is 171 Å². The summed E-state index contributed by atoms with van der Waals surface area (Å²) in [6.45, 7) is 1.06. The van der Waals surface area contributed by atoms with E-state index < -0.39 is 10.0 Å². The average molecular weight is 474 g/mol. The van der Waals surface area contributed by atoms with Gasteiger partial charge in [0.25, 0.3) is 5.91 Å². The van der Waals surface area contributed by atoms with E-state index in [9.17, 15) is 13.2 Å². The first kappa shape index (κ1) is 20.1. The van der Waals surface area contributed by atoms with Crippen molar-refractivity contribution in [1.29, 1.82) is 0 Å². The highest BCUT2D eigenvalue weighted by atomic mass is 79.9. The Morgan fingerprint density at radius 1 is 1.11 bits per heavy atom. The molecule has 1 saturated heterocycles. The summed E-state index contributed by atoms with van der Waals surface area (Å²) in [5.41, 5.74) is 0.487. The summed E-state index contributed by atoms with van der Waals surface area (Å²) < 4.78 is 32.8. The number of carbonyl (C=O) groups is 1. The van der Waals surface area contributed by atoms with Crippen LogP contribution in [0.2, 0.25) is 5.02 Å². The minimum Gasteiger partial charge on any atom is -0.497 e. The van der Waals surface area contributed by atoms with Gasteiger partial charge in [0.2, 0.25) is 10.0 Å². The van der Waals surface area contributed by atoms with E-state index in [1.807, 2.05) is 0 Å². The standard InChI is InChI=1S/C18H18BrClN2O4S/c1-26-14-5-6-17(19)16(12-14)18(23)21-7-9-22(10-8-21)27(24,25)15-4-2-3-13(20)11-15/h2-6,11-12H,7-10H2,1H3. The van der Waals surface area contributed by atoms with Gasteiger partial charge in [0, 0.05) is 35.7 Å². The normalized spacial score (nSPS) is 15.6. The average Bonchev–Trinajstić information content (AvgIpc) is 2.68. The first-order valence-electron chi connectivity index (χ1n) is 8.21. The fourth-order valence-corrected chi connectivity index (χ4v) is 5.01. The number of benzene rings is 2. The predicted octanol–water partition coefficient (Wildman–Crippen LogP) is 3.26. The van der Waals surface area contributed by atoms with Gasteiger partial charge < -0.3 is 9.64 Å². The minimum absolute atomic E-state index is 0.158. The first-order chi connectivity index (χ1) is 12.8. The van der Waals surface area contributed by atoms with Gasteiger partial charge in [-0.3, -0.25) is 4.79 Å². The number of hydrogen-bond donors (Lipinski definition) is 0. The monoisotopic (exact) mass is 472 g/mol. The van der Waals surface area contributed by atoms with Crippen LogP contribution in [-0.4, -0.2) is 56.8 Å². The number of carbonyl (C=O) groups excluding carboxylic acids is 1. The van der Waals surface area contributed by atoms with E-state index in [0.717, 1.165) is 0 Å². The number of amides is 1. The molecule has 0 aromatic heterocycles. The summed E-state index contributed by atoms with van der Waals surface area (Å²) in [6.07, 6.45) is 0. The van der Waals surface area contributed by atoms with Gasteiger partial charge in [-0.15, -0.1) is 0 Å². The molecule has 2 aromatic carbocycles. The fourth-order valence-electron chi connectivity index (χ4n) is 2.87. The second-order valence-corrected chi connectivity index (χ2v) is 9.23. The van der Waals surface area contributed by atoms with Crippen LogP contribution in [0.5, 0.6) is 5.75 Å². The number of halogens is 2. The maximum absolute atomic E-state index is 12.8. The molecule has 27 heavy (non-hydrogen) atoms. The molecule has 0 atom stereocenters. The molecular formula is C18H18BrClN2O4S. The third-order valence-corrected chi connectivity index (χ3v) is 7.18. The molecule has 1 fully saturated rings. The van der Waals surface area contributed by atoms with Crippen LogP contribution in [0.1, 0.15) is 10.4 Å². The molecule has 0 spiro atoms. The number of methoxy groups -OCH3 is 1. The molecule has 1 aliphatic rings. The van der Waals surface area contributed by atoms with Crippen molar-refractivity contribution in [2.45, 2.75) is 4.90 Å². The molecule has 0 bridgehead atoms. The van der Waals surface area contributed by atoms with Crippen LogP contribution in [0, 0.1) is 0 Å². The summed E-state index contributed by atoms with van der Waals surface area (Å²) in [6, 6.07) is 11.4. The van der Waals surface area contributed by atoms with Crippen molar-refractivity contribution in [3.8, 4) is 5.75 Å². The zero-order chi connectivity index (χ0) is 19.6. The van der Waals surface area contributed by atoms with Crippen molar-refractivity contribution in [3.05, 3.63) is 57.5 Å². The summed E-state index contributed by atoms with van der Waals surface area (Å²) >= 11 is 9.30. The SMILES string of the molecule is COc1ccc(Br)c(C(=O)N2CCN(S(=O)(=O)c3cccc(Cl)c3)CC2)c1. The van der Waals surface area contributed by atoms with Gasteiger partial charge in [0.1, 0.15) is 5.75 Å². The third-order valence-electron chi connectivity index (χ3n) is 4.36. The van der Waals surface area contributed by atoms with E-state index in [4.69, 9.17) is 16.3 Å². The van der Waals surface area contributed by atoms with Crippen molar-refractivity contribution < 1.29 is 17.9 Å². The zero-order valence-electron chi connectivity index (χ0n) is 14.6. The highest BCUT2D eigenvalue weighted by Crippen LogP contribution is 2.25. The van der Waals surface area contributed by atoms with Crippen molar-refractivity contribution >= 4 is 43.5 Å². The second kappa shape index (κ2) is 8.18. The lowest BCUT2D eigenvalue weighted by molar-refractivity contribution is 0.0696. The van der Waals surface area contributed by atoms with Crippen molar-refractivity contribution in [2.24, 2.45) is 0 Å². The largest absolute Gasteiger partial charge is 0.497 e. The molecule has 1 heterocycles. The summed E-state index contributed by atoms with van der Waals surface area (Å²) in [5, 5.41) is 0.368. The molecule has 0 radical (unpaired) electrons. The summed E-state index contributed by atoms with van der Waals surface area (Å²) in [7, 11) is -2.10. The van der Waals surface area contributed by atoms with E-state index in [1.165, 1.54) is 23.5 Å². The molecule has 1 amide bonds. The van der Waals surface area contributed by atoms with E-state index in [1.54, 1.807) is 35.2 Å². The number of piperazine rings is 1. The Kier molecular flexibility index (Phi) is 6.10. The quantitative estimate of drug-likeness (QED) is 0.684. The van der Waals surface area contributed by atoms with Crippen molar-refractivity contribution in [3.63, 3.8) is 0 Å². The summed E-state index contributed by atoms with van der Waals surface area (Å²) in [5.74, 6) is 0.421. The third kappa shape index (κ3) is 4.29. The highest BCUT2D eigenvalue weighted by Gasteiger charge is 2.31.